The zero-order valence-corrected chi connectivity index (χ0v) is 9.45. The van der Waals surface area contributed by atoms with Crippen LogP contribution in [-0.2, 0) is 0 Å². The number of nitrogens with one attached hydrogen (secondary N) is 1. The molecule has 16 heavy (non-hydrogen) atoms. The van der Waals surface area contributed by atoms with Gasteiger partial charge in [0, 0.05) is 16.6 Å². The Hall–Kier alpha value is -1.88. The number of para-hydroxylation sites is 1. The molecule has 0 saturated carbocycles. The fourth-order valence-corrected chi connectivity index (χ4v) is 2.00. The maximum Gasteiger partial charge on any atom is 0.342 e. The smallest absolute Gasteiger partial charge is 0.306 e. The lowest BCUT2D eigenvalue weighted by Gasteiger charge is -2.03. The third-order valence-electron chi connectivity index (χ3n) is 1.97. The minimum Gasteiger partial charge on any atom is -0.306 e. The van der Waals surface area contributed by atoms with Crippen molar-refractivity contribution in [2.75, 3.05) is 5.32 Å². The second kappa shape index (κ2) is 4.32. The molecule has 0 aliphatic heterocycles. The lowest BCUT2D eigenvalue weighted by molar-refractivity contribution is 0.255. The normalized spacial score (nSPS) is 10.1. The van der Waals surface area contributed by atoms with Crippen LogP contribution in [0, 0.1) is 6.92 Å². The Bertz CT molecular complexity index is 557. The molecule has 0 unspecified atom stereocenters. The number of hydrogen-bond acceptors (Lipinski definition) is 3. The molecule has 0 fully saturated rings. The number of benzene rings is 1. The molecule has 0 aliphatic carbocycles. The van der Waals surface area contributed by atoms with Crippen molar-refractivity contribution >= 4 is 23.3 Å². The average molecular weight is 234 g/mol. The van der Waals surface area contributed by atoms with Crippen LogP contribution >= 0.6 is 11.5 Å². The van der Waals surface area contributed by atoms with E-state index >= 15 is 0 Å². The van der Waals surface area contributed by atoms with E-state index in [0.717, 1.165) is 20.4 Å². The van der Waals surface area contributed by atoms with Crippen LogP contribution in [0.5, 0.6) is 0 Å². The number of carbonyl (C=O) groups is 1. The van der Waals surface area contributed by atoms with Crippen LogP contribution in [0.15, 0.2) is 41.2 Å². The maximum absolute atomic E-state index is 11.7. The quantitative estimate of drug-likeness (QED) is 0.823. The van der Waals surface area contributed by atoms with Gasteiger partial charge in [-0.05, 0) is 19.1 Å². The van der Waals surface area contributed by atoms with Gasteiger partial charge in [-0.15, -0.1) is 0 Å². The minimum atomic E-state index is -0.422. The monoisotopic (exact) mass is 234 g/mol. The van der Waals surface area contributed by atoms with Crippen molar-refractivity contribution in [3.8, 4) is 0 Å². The van der Waals surface area contributed by atoms with E-state index in [1.165, 1.54) is 6.07 Å². The van der Waals surface area contributed by atoms with Crippen LogP contribution < -0.4 is 10.9 Å². The van der Waals surface area contributed by atoms with Crippen LogP contribution in [0.2, 0.25) is 0 Å². The van der Waals surface area contributed by atoms with Gasteiger partial charge in [0.15, 0.2) is 0 Å². The first-order valence-corrected chi connectivity index (χ1v) is 5.50. The first-order chi connectivity index (χ1) is 7.66. The molecule has 1 aromatic carbocycles. The molecule has 0 radical (unpaired) electrons. The molecule has 82 valence electrons. The number of anilines is 1. The number of aromatic nitrogens is 1. The molecule has 1 N–H and O–H groups in total. The predicted octanol–water partition coefficient (Wildman–Crippen LogP) is 2.30. The van der Waals surface area contributed by atoms with Gasteiger partial charge in [-0.3, -0.25) is 4.79 Å². The Balaban J connectivity index is 2.21. The zero-order valence-electron chi connectivity index (χ0n) is 8.64. The third kappa shape index (κ3) is 2.20. The summed E-state index contributed by atoms with van der Waals surface area (Å²) in [5, 5.41) is 2.65. The molecule has 5 heteroatoms. The van der Waals surface area contributed by atoms with E-state index < -0.39 is 6.03 Å². The highest BCUT2D eigenvalue weighted by atomic mass is 32.1. The molecule has 0 atom stereocenters. The van der Waals surface area contributed by atoms with Crippen molar-refractivity contribution in [2.24, 2.45) is 0 Å². The van der Waals surface area contributed by atoms with Crippen LogP contribution in [0.4, 0.5) is 10.5 Å². The summed E-state index contributed by atoms with van der Waals surface area (Å²) in [5.74, 6) is 0. The minimum absolute atomic E-state index is 0.295. The van der Waals surface area contributed by atoms with E-state index in [1.54, 1.807) is 19.1 Å². The summed E-state index contributed by atoms with van der Waals surface area (Å²) in [7, 11) is 0. The summed E-state index contributed by atoms with van der Waals surface area (Å²) < 4.78 is 1.10. The Labute approximate surface area is 96.3 Å². The lowest BCUT2D eigenvalue weighted by atomic mass is 10.3. The standard InChI is InChI=1S/C11H10N2O2S/c1-8-7-10(14)13(16-8)11(15)12-9-5-3-2-4-6-9/h2-7H,1H3,(H,12,15). The topological polar surface area (TPSA) is 51.1 Å². The molecule has 0 spiro atoms. The number of aryl methyl sites for hydroxylation is 1. The van der Waals surface area contributed by atoms with Crippen LogP contribution in [0.3, 0.4) is 0 Å². The Morgan fingerprint density at radius 2 is 2.00 bits per heavy atom. The summed E-state index contributed by atoms with van der Waals surface area (Å²) in [6.07, 6.45) is 0. The molecule has 1 amide bonds. The Kier molecular flexibility index (Phi) is 2.87. The van der Waals surface area contributed by atoms with Gasteiger partial charge in [0.05, 0.1) is 0 Å². The van der Waals surface area contributed by atoms with E-state index in [-0.39, 0.29) is 5.56 Å². The highest BCUT2D eigenvalue weighted by molar-refractivity contribution is 7.07. The van der Waals surface area contributed by atoms with Crippen molar-refractivity contribution in [2.45, 2.75) is 6.92 Å². The molecule has 1 aromatic heterocycles. The highest BCUT2D eigenvalue weighted by Gasteiger charge is 2.09. The van der Waals surface area contributed by atoms with Gasteiger partial charge < -0.3 is 5.32 Å². The number of carbonyl (C=O) groups excluding carboxylic acids is 1. The van der Waals surface area contributed by atoms with Crippen molar-refractivity contribution in [1.82, 2.24) is 3.96 Å². The second-order valence-electron chi connectivity index (χ2n) is 3.28. The first kappa shape index (κ1) is 10.6. The van der Waals surface area contributed by atoms with Crippen molar-refractivity contribution in [3.63, 3.8) is 0 Å². The average Bonchev–Trinajstić information content (AvgIpc) is 2.59. The Morgan fingerprint density at radius 1 is 1.31 bits per heavy atom. The van der Waals surface area contributed by atoms with Gasteiger partial charge in [-0.2, -0.15) is 3.96 Å². The van der Waals surface area contributed by atoms with Crippen molar-refractivity contribution < 1.29 is 4.79 Å². The van der Waals surface area contributed by atoms with Crippen molar-refractivity contribution in [1.29, 1.82) is 0 Å². The summed E-state index contributed by atoms with van der Waals surface area (Å²) in [5.41, 5.74) is 0.376. The number of amides is 1. The fraction of sp³-hybridized carbons (Fsp3) is 0.0909. The number of nitrogens with zero attached hydrogens (tertiary/aromatic N) is 1. The molecule has 4 nitrogen and oxygen atoms in total. The SMILES string of the molecule is Cc1cc(=O)n(C(=O)Nc2ccccc2)s1. The van der Waals surface area contributed by atoms with Gasteiger partial charge in [0.25, 0.3) is 5.56 Å². The molecule has 2 rings (SSSR count). The lowest BCUT2D eigenvalue weighted by Crippen LogP contribution is -2.25. The van der Waals surface area contributed by atoms with E-state index in [1.807, 2.05) is 18.2 Å². The third-order valence-corrected chi connectivity index (χ3v) is 2.91. The molecule has 2 aromatic rings. The van der Waals surface area contributed by atoms with Gasteiger partial charge in [-0.25, -0.2) is 4.79 Å². The van der Waals surface area contributed by atoms with E-state index in [9.17, 15) is 9.59 Å². The van der Waals surface area contributed by atoms with Gasteiger partial charge in [-0.1, -0.05) is 29.7 Å². The van der Waals surface area contributed by atoms with Crippen LogP contribution in [0.1, 0.15) is 4.88 Å². The van der Waals surface area contributed by atoms with Crippen LogP contribution in [0.25, 0.3) is 0 Å². The van der Waals surface area contributed by atoms with Gasteiger partial charge in [0.1, 0.15) is 0 Å². The molecular formula is C11H10N2O2S. The van der Waals surface area contributed by atoms with Gasteiger partial charge >= 0.3 is 6.03 Å². The Morgan fingerprint density at radius 3 is 2.56 bits per heavy atom. The number of hydrogen-bond donors (Lipinski definition) is 1. The summed E-state index contributed by atoms with van der Waals surface area (Å²) in [6.45, 7) is 1.79. The summed E-state index contributed by atoms with van der Waals surface area (Å²) in [4.78, 5) is 23.9. The summed E-state index contributed by atoms with van der Waals surface area (Å²) >= 11 is 1.13. The van der Waals surface area contributed by atoms with E-state index in [2.05, 4.69) is 5.32 Å². The predicted molar refractivity (Wildman–Crippen MR) is 64.2 cm³/mol. The maximum atomic E-state index is 11.7. The fourth-order valence-electron chi connectivity index (χ4n) is 1.29. The molecule has 0 saturated heterocycles. The molecular weight excluding hydrogens is 224 g/mol. The molecule has 0 aliphatic rings. The van der Waals surface area contributed by atoms with Crippen LogP contribution in [-0.4, -0.2) is 9.99 Å². The molecule has 1 heterocycles. The molecule has 0 bridgehead atoms. The van der Waals surface area contributed by atoms with Gasteiger partial charge in [0.2, 0.25) is 0 Å². The van der Waals surface area contributed by atoms with E-state index in [0.29, 0.717) is 5.69 Å². The summed E-state index contributed by atoms with van der Waals surface area (Å²) in [6, 6.07) is 10.0. The largest absolute Gasteiger partial charge is 0.342 e. The van der Waals surface area contributed by atoms with E-state index in [4.69, 9.17) is 0 Å². The second-order valence-corrected chi connectivity index (χ2v) is 4.47. The van der Waals surface area contributed by atoms with Crippen molar-refractivity contribution in [3.05, 3.63) is 51.6 Å². The number of rotatable bonds is 1. The first-order valence-electron chi connectivity index (χ1n) is 4.73. The highest BCUT2D eigenvalue weighted by Crippen LogP contribution is 2.07. The zero-order chi connectivity index (χ0) is 11.5.